The quantitative estimate of drug-likeness (QED) is 0.543. The number of nitrogens with one attached hydrogen (secondary N) is 1. The number of carbonyl (C=O) groups excluding carboxylic acids is 2. The molecule has 0 spiro atoms. The van der Waals surface area contributed by atoms with E-state index in [2.05, 4.69) is 15.3 Å². The Morgan fingerprint density at radius 1 is 1.22 bits per heavy atom. The lowest BCUT2D eigenvalue weighted by atomic mass is 9.99. The maximum atomic E-state index is 13.2. The van der Waals surface area contributed by atoms with Crippen molar-refractivity contribution in [2.24, 2.45) is 0 Å². The number of hydrogen-bond acceptors (Lipinski definition) is 5. The molecule has 0 saturated carbocycles. The summed E-state index contributed by atoms with van der Waals surface area (Å²) in [7, 11) is 0. The van der Waals surface area contributed by atoms with Gasteiger partial charge in [-0.1, -0.05) is 44.2 Å². The van der Waals surface area contributed by atoms with Crippen LogP contribution >= 0.6 is 0 Å². The lowest BCUT2D eigenvalue weighted by molar-refractivity contribution is 0.0781. The van der Waals surface area contributed by atoms with Gasteiger partial charge in [-0.2, -0.15) is 0 Å². The average Bonchev–Trinajstić information content (AvgIpc) is 3.23. The number of aromatic nitrogens is 3. The van der Waals surface area contributed by atoms with Crippen LogP contribution in [0.5, 0.6) is 0 Å². The van der Waals surface area contributed by atoms with E-state index in [1.165, 1.54) is 0 Å². The second-order valence-electron chi connectivity index (χ2n) is 8.10. The maximum absolute atomic E-state index is 13.2. The molecule has 0 aliphatic carbocycles. The van der Waals surface area contributed by atoms with Crippen LogP contribution in [0.25, 0.3) is 0 Å². The van der Waals surface area contributed by atoms with Crippen LogP contribution in [0, 0.1) is 0 Å². The summed E-state index contributed by atoms with van der Waals surface area (Å²) >= 11 is 0. The summed E-state index contributed by atoms with van der Waals surface area (Å²) in [5.41, 5.74) is 3.65. The molecule has 1 unspecified atom stereocenters. The number of amides is 1. The molecular formula is C25H28N4O3. The number of carbonyl (C=O) groups is 2. The number of fused-ring (bicyclic) bond motifs is 1. The first-order chi connectivity index (χ1) is 15.6. The molecule has 1 N–H and O–H groups in total. The van der Waals surface area contributed by atoms with Gasteiger partial charge in [0.15, 0.2) is 5.78 Å². The van der Waals surface area contributed by atoms with Crippen LogP contribution in [0.3, 0.4) is 0 Å². The molecule has 1 aliphatic heterocycles. The SMILES string of the molecule is CC[C@@H](NC(=O)c1cc(C(=O)CC(C)c2cnccn2)n2c1COCC2)c1ccccc1. The van der Waals surface area contributed by atoms with Crippen molar-refractivity contribution >= 4 is 11.7 Å². The van der Waals surface area contributed by atoms with Crippen molar-refractivity contribution in [1.82, 2.24) is 19.9 Å². The number of benzene rings is 1. The van der Waals surface area contributed by atoms with Crippen LogP contribution in [0.15, 0.2) is 55.0 Å². The first kappa shape index (κ1) is 21.9. The topological polar surface area (TPSA) is 86.1 Å². The number of ether oxygens (including phenoxy) is 1. The molecule has 3 heterocycles. The van der Waals surface area contributed by atoms with Gasteiger partial charge in [-0.05, 0) is 18.1 Å². The van der Waals surface area contributed by atoms with Crippen LogP contribution in [-0.4, -0.2) is 32.8 Å². The molecule has 166 valence electrons. The Labute approximate surface area is 187 Å². The van der Waals surface area contributed by atoms with Gasteiger partial charge in [-0.25, -0.2) is 0 Å². The van der Waals surface area contributed by atoms with Crippen LogP contribution in [0.2, 0.25) is 0 Å². The summed E-state index contributed by atoms with van der Waals surface area (Å²) in [4.78, 5) is 34.8. The Bertz CT molecular complexity index is 1080. The molecule has 7 heteroatoms. The predicted molar refractivity (Wildman–Crippen MR) is 120 cm³/mol. The monoisotopic (exact) mass is 432 g/mol. The molecule has 0 bridgehead atoms. The van der Waals surface area contributed by atoms with Gasteiger partial charge in [-0.3, -0.25) is 19.6 Å². The maximum Gasteiger partial charge on any atom is 0.253 e. The molecule has 0 saturated heterocycles. The van der Waals surface area contributed by atoms with Crippen molar-refractivity contribution in [2.75, 3.05) is 6.61 Å². The van der Waals surface area contributed by atoms with E-state index >= 15 is 0 Å². The Morgan fingerprint density at radius 3 is 2.75 bits per heavy atom. The van der Waals surface area contributed by atoms with E-state index in [0.29, 0.717) is 37.4 Å². The van der Waals surface area contributed by atoms with Crippen molar-refractivity contribution in [3.8, 4) is 0 Å². The van der Waals surface area contributed by atoms with E-state index in [1.54, 1.807) is 24.7 Å². The lowest BCUT2D eigenvalue weighted by Crippen LogP contribution is -2.29. The third-order valence-electron chi connectivity index (χ3n) is 5.93. The van der Waals surface area contributed by atoms with Gasteiger partial charge in [0.05, 0.1) is 41.9 Å². The fourth-order valence-corrected chi connectivity index (χ4v) is 4.15. The second-order valence-corrected chi connectivity index (χ2v) is 8.10. The minimum atomic E-state index is -0.184. The van der Waals surface area contributed by atoms with Crippen LogP contribution in [-0.2, 0) is 17.9 Å². The third kappa shape index (κ3) is 4.62. The number of hydrogen-bond donors (Lipinski definition) is 1. The van der Waals surface area contributed by atoms with Crippen LogP contribution in [0.1, 0.15) is 76.4 Å². The highest BCUT2D eigenvalue weighted by Crippen LogP contribution is 2.26. The van der Waals surface area contributed by atoms with Gasteiger partial charge in [0.2, 0.25) is 0 Å². The summed E-state index contributed by atoms with van der Waals surface area (Å²) in [5, 5.41) is 3.13. The molecule has 7 nitrogen and oxygen atoms in total. The minimum Gasteiger partial charge on any atom is -0.373 e. The first-order valence-corrected chi connectivity index (χ1v) is 11.0. The largest absolute Gasteiger partial charge is 0.373 e. The Balaban J connectivity index is 1.57. The zero-order valence-electron chi connectivity index (χ0n) is 18.5. The van der Waals surface area contributed by atoms with Crippen molar-refractivity contribution in [1.29, 1.82) is 0 Å². The first-order valence-electron chi connectivity index (χ1n) is 11.0. The van der Waals surface area contributed by atoms with Gasteiger partial charge in [0, 0.05) is 37.5 Å². The van der Waals surface area contributed by atoms with E-state index < -0.39 is 0 Å². The molecule has 4 rings (SSSR count). The zero-order chi connectivity index (χ0) is 22.5. The molecule has 0 fully saturated rings. The van der Waals surface area contributed by atoms with Crippen LogP contribution < -0.4 is 5.32 Å². The molecule has 1 aliphatic rings. The van der Waals surface area contributed by atoms with Crippen molar-refractivity contribution in [3.05, 3.63) is 83.2 Å². The Morgan fingerprint density at radius 2 is 2.03 bits per heavy atom. The zero-order valence-corrected chi connectivity index (χ0v) is 18.5. The fraction of sp³-hybridized carbons (Fsp3) is 0.360. The Kier molecular flexibility index (Phi) is 6.75. The van der Waals surface area contributed by atoms with Gasteiger partial charge >= 0.3 is 0 Å². The van der Waals surface area contributed by atoms with Gasteiger partial charge < -0.3 is 14.6 Å². The van der Waals surface area contributed by atoms with Crippen molar-refractivity contribution in [3.63, 3.8) is 0 Å². The summed E-state index contributed by atoms with van der Waals surface area (Å²) in [5.74, 6) is -0.265. The van der Waals surface area contributed by atoms with E-state index in [1.807, 2.05) is 48.7 Å². The highest BCUT2D eigenvalue weighted by atomic mass is 16.5. The summed E-state index contributed by atoms with van der Waals surface area (Å²) in [6, 6.07) is 11.5. The van der Waals surface area contributed by atoms with E-state index in [-0.39, 0.29) is 23.7 Å². The molecule has 32 heavy (non-hydrogen) atoms. The summed E-state index contributed by atoms with van der Waals surface area (Å²) in [6.45, 7) is 5.39. The molecule has 3 aromatic rings. The Hall–Kier alpha value is -3.32. The van der Waals surface area contributed by atoms with E-state index in [4.69, 9.17) is 4.74 Å². The molecular weight excluding hydrogens is 404 g/mol. The summed E-state index contributed by atoms with van der Waals surface area (Å²) in [6.07, 6.45) is 6.00. The van der Waals surface area contributed by atoms with Crippen molar-refractivity contribution < 1.29 is 14.3 Å². The standard InChI is InChI=1S/C25H28N4O3/c1-3-20(18-7-5-4-6-8-18)28-25(31)19-14-22(29-11-12-32-16-23(19)29)24(30)13-17(2)21-15-26-9-10-27-21/h4-10,14-15,17,20H,3,11-13,16H2,1-2H3,(H,28,31)/t17?,20-/m1/s1. The lowest BCUT2D eigenvalue weighted by Gasteiger charge is -2.21. The normalized spacial score (nSPS) is 14.9. The molecule has 1 amide bonds. The smallest absolute Gasteiger partial charge is 0.253 e. The number of ketones is 1. The van der Waals surface area contributed by atoms with E-state index in [0.717, 1.165) is 23.4 Å². The van der Waals surface area contributed by atoms with Crippen LogP contribution in [0.4, 0.5) is 0 Å². The van der Waals surface area contributed by atoms with Gasteiger partial charge in [0.1, 0.15) is 0 Å². The summed E-state index contributed by atoms with van der Waals surface area (Å²) < 4.78 is 7.55. The van der Waals surface area contributed by atoms with E-state index in [9.17, 15) is 9.59 Å². The van der Waals surface area contributed by atoms with Gasteiger partial charge in [-0.15, -0.1) is 0 Å². The number of rotatable bonds is 8. The average molecular weight is 433 g/mol. The third-order valence-corrected chi connectivity index (χ3v) is 5.93. The highest BCUT2D eigenvalue weighted by Gasteiger charge is 2.28. The predicted octanol–water partition coefficient (Wildman–Crippen LogP) is 4.07. The van der Waals surface area contributed by atoms with Gasteiger partial charge in [0.25, 0.3) is 5.91 Å². The van der Waals surface area contributed by atoms with Crippen molar-refractivity contribution in [2.45, 2.75) is 51.8 Å². The number of nitrogens with zero attached hydrogens (tertiary/aromatic N) is 3. The molecule has 0 radical (unpaired) electrons. The minimum absolute atomic E-state index is 0.0135. The molecule has 1 aromatic carbocycles. The molecule has 2 aromatic heterocycles. The molecule has 2 atom stereocenters. The number of Topliss-reactive ketones (excluding diaryl/α,β-unsaturated/α-hetero) is 1. The fourth-order valence-electron chi connectivity index (χ4n) is 4.15. The highest BCUT2D eigenvalue weighted by molar-refractivity contribution is 6.01. The second kappa shape index (κ2) is 9.87.